The van der Waals surface area contributed by atoms with Gasteiger partial charge < -0.3 is 9.72 Å². The molecule has 0 saturated carbocycles. The van der Waals surface area contributed by atoms with Crippen LogP contribution < -0.4 is 5.56 Å². The van der Waals surface area contributed by atoms with Crippen LogP contribution in [0.4, 0.5) is 0 Å². The van der Waals surface area contributed by atoms with E-state index in [0.29, 0.717) is 13.2 Å². The summed E-state index contributed by atoms with van der Waals surface area (Å²) < 4.78 is 5.24. The molecule has 1 aliphatic rings. The Morgan fingerprint density at radius 3 is 3.14 bits per heavy atom. The molecule has 2 aromatic heterocycles. The molecule has 4 heteroatoms. The van der Waals surface area contributed by atoms with Crippen LogP contribution in [-0.4, -0.2) is 9.97 Å². The largest absolute Gasteiger partial charge is 0.372 e. The minimum atomic E-state index is -0.0574. The first-order valence-electron chi connectivity index (χ1n) is 4.43. The summed E-state index contributed by atoms with van der Waals surface area (Å²) in [5.41, 5.74) is 3.22. The van der Waals surface area contributed by atoms with Gasteiger partial charge in [0.2, 0.25) is 0 Å². The number of aromatic nitrogens is 2. The third kappa shape index (κ3) is 0.914. The summed E-state index contributed by atoms with van der Waals surface area (Å²) >= 11 is 0. The number of ether oxygens (including phenoxy) is 1. The van der Waals surface area contributed by atoms with Crippen LogP contribution in [0.15, 0.2) is 23.1 Å². The van der Waals surface area contributed by atoms with Crippen LogP contribution in [0.3, 0.4) is 0 Å². The minimum absolute atomic E-state index is 0.0574. The molecule has 3 rings (SSSR count). The Bertz CT molecular complexity index is 560. The molecule has 4 nitrogen and oxygen atoms in total. The number of nitrogens with zero attached hydrogens (tertiary/aromatic N) is 1. The van der Waals surface area contributed by atoms with E-state index in [1.54, 1.807) is 12.3 Å². The Morgan fingerprint density at radius 1 is 1.36 bits per heavy atom. The normalized spacial score (nSPS) is 14.6. The first kappa shape index (κ1) is 7.70. The van der Waals surface area contributed by atoms with Crippen LogP contribution >= 0.6 is 0 Å². The van der Waals surface area contributed by atoms with E-state index in [-0.39, 0.29) is 5.56 Å². The fourth-order valence-corrected chi connectivity index (χ4v) is 1.79. The lowest BCUT2D eigenvalue weighted by atomic mass is 10.1. The van der Waals surface area contributed by atoms with Crippen molar-refractivity contribution in [3.63, 3.8) is 0 Å². The molecule has 2 aromatic rings. The first-order chi connectivity index (χ1) is 6.86. The predicted molar refractivity (Wildman–Crippen MR) is 50.9 cm³/mol. The monoisotopic (exact) mass is 188 g/mol. The molecule has 3 heterocycles. The van der Waals surface area contributed by atoms with E-state index in [1.807, 2.05) is 6.07 Å². The smallest absolute Gasteiger partial charge is 0.254 e. The maximum Gasteiger partial charge on any atom is 0.254 e. The summed E-state index contributed by atoms with van der Waals surface area (Å²) in [7, 11) is 0. The number of rotatable bonds is 0. The number of hydrogen-bond donors (Lipinski definition) is 1. The summed E-state index contributed by atoms with van der Waals surface area (Å²) in [4.78, 5) is 18.6. The zero-order valence-corrected chi connectivity index (χ0v) is 7.41. The van der Waals surface area contributed by atoms with Crippen molar-refractivity contribution in [3.8, 4) is 0 Å². The molecule has 0 fully saturated rings. The lowest BCUT2D eigenvalue weighted by Gasteiger charge is -2.00. The third-order valence-corrected chi connectivity index (χ3v) is 2.47. The van der Waals surface area contributed by atoms with Crippen LogP contribution in [0, 0.1) is 0 Å². The predicted octanol–water partition coefficient (Wildman–Crippen LogP) is 0.953. The van der Waals surface area contributed by atoms with Gasteiger partial charge in [-0.3, -0.25) is 9.78 Å². The van der Waals surface area contributed by atoms with E-state index in [4.69, 9.17) is 4.74 Å². The van der Waals surface area contributed by atoms with Crippen molar-refractivity contribution in [2.75, 3.05) is 0 Å². The molecule has 0 atom stereocenters. The van der Waals surface area contributed by atoms with Crippen LogP contribution in [0.5, 0.6) is 0 Å². The Balaban J connectivity index is 2.52. The molecule has 14 heavy (non-hydrogen) atoms. The molecular formula is C10H8N2O2. The molecule has 0 aliphatic carbocycles. The Hall–Kier alpha value is -1.68. The fourth-order valence-electron chi connectivity index (χ4n) is 1.79. The van der Waals surface area contributed by atoms with Gasteiger partial charge in [-0.25, -0.2) is 0 Å². The number of hydrogen-bond acceptors (Lipinski definition) is 3. The molecule has 1 N–H and O–H groups in total. The number of H-pyrrole nitrogens is 1. The van der Waals surface area contributed by atoms with E-state index in [2.05, 4.69) is 9.97 Å². The highest BCUT2D eigenvalue weighted by molar-refractivity contribution is 5.78. The van der Waals surface area contributed by atoms with Crippen molar-refractivity contribution in [1.82, 2.24) is 9.97 Å². The van der Waals surface area contributed by atoms with E-state index < -0.39 is 0 Å². The molecule has 0 unspecified atom stereocenters. The lowest BCUT2D eigenvalue weighted by molar-refractivity contribution is 0.134. The molecule has 0 spiro atoms. The van der Waals surface area contributed by atoms with Gasteiger partial charge in [0, 0.05) is 11.8 Å². The van der Waals surface area contributed by atoms with Crippen molar-refractivity contribution in [1.29, 1.82) is 0 Å². The molecule has 0 radical (unpaired) electrons. The Labute approximate surface area is 79.6 Å². The lowest BCUT2D eigenvalue weighted by Crippen LogP contribution is -2.12. The van der Waals surface area contributed by atoms with Gasteiger partial charge in [-0.15, -0.1) is 0 Å². The summed E-state index contributed by atoms with van der Waals surface area (Å²) in [6, 6.07) is 3.66. The summed E-state index contributed by atoms with van der Waals surface area (Å²) in [6.45, 7) is 0.893. The molecular weight excluding hydrogens is 180 g/mol. The Morgan fingerprint density at radius 2 is 2.21 bits per heavy atom. The molecule has 1 aliphatic heterocycles. The SMILES string of the molecule is O=c1[nH]c2cccnc2c2c1COC2. The second-order valence-electron chi connectivity index (χ2n) is 3.30. The summed E-state index contributed by atoms with van der Waals surface area (Å²) in [5.74, 6) is 0. The van der Waals surface area contributed by atoms with Gasteiger partial charge >= 0.3 is 0 Å². The number of aromatic amines is 1. The molecule has 0 amide bonds. The number of pyridine rings is 2. The van der Waals surface area contributed by atoms with E-state index in [0.717, 1.165) is 22.2 Å². The average molecular weight is 188 g/mol. The zero-order valence-electron chi connectivity index (χ0n) is 7.41. The highest BCUT2D eigenvalue weighted by Crippen LogP contribution is 2.22. The fraction of sp³-hybridized carbons (Fsp3) is 0.200. The minimum Gasteiger partial charge on any atom is -0.372 e. The quantitative estimate of drug-likeness (QED) is 0.669. The van der Waals surface area contributed by atoms with Crippen LogP contribution in [0.2, 0.25) is 0 Å². The van der Waals surface area contributed by atoms with Crippen molar-refractivity contribution < 1.29 is 4.74 Å². The van der Waals surface area contributed by atoms with Gasteiger partial charge in [0.1, 0.15) is 0 Å². The van der Waals surface area contributed by atoms with Crippen LogP contribution in [0.25, 0.3) is 11.0 Å². The molecule has 70 valence electrons. The second-order valence-corrected chi connectivity index (χ2v) is 3.30. The van der Waals surface area contributed by atoms with Crippen molar-refractivity contribution >= 4 is 11.0 Å². The van der Waals surface area contributed by atoms with Gasteiger partial charge in [-0.05, 0) is 12.1 Å². The highest BCUT2D eigenvalue weighted by atomic mass is 16.5. The van der Waals surface area contributed by atoms with Crippen molar-refractivity contribution in [3.05, 3.63) is 39.8 Å². The Kier molecular flexibility index (Phi) is 1.46. The molecule has 0 aromatic carbocycles. The van der Waals surface area contributed by atoms with Gasteiger partial charge in [0.05, 0.1) is 29.8 Å². The summed E-state index contributed by atoms with van der Waals surface area (Å²) in [5, 5.41) is 0. The van der Waals surface area contributed by atoms with Gasteiger partial charge in [0.15, 0.2) is 0 Å². The van der Waals surface area contributed by atoms with E-state index in [1.165, 1.54) is 0 Å². The number of nitrogens with one attached hydrogen (secondary N) is 1. The van der Waals surface area contributed by atoms with E-state index >= 15 is 0 Å². The molecule has 0 saturated heterocycles. The van der Waals surface area contributed by atoms with Gasteiger partial charge in [-0.1, -0.05) is 0 Å². The first-order valence-corrected chi connectivity index (χ1v) is 4.43. The van der Waals surface area contributed by atoms with Crippen LogP contribution in [-0.2, 0) is 18.0 Å². The van der Waals surface area contributed by atoms with Crippen molar-refractivity contribution in [2.24, 2.45) is 0 Å². The number of fused-ring (bicyclic) bond motifs is 3. The van der Waals surface area contributed by atoms with Crippen molar-refractivity contribution in [2.45, 2.75) is 13.2 Å². The van der Waals surface area contributed by atoms with Gasteiger partial charge in [0.25, 0.3) is 5.56 Å². The second kappa shape index (κ2) is 2.65. The van der Waals surface area contributed by atoms with Gasteiger partial charge in [-0.2, -0.15) is 0 Å². The van der Waals surface area contributed by atoms with Crippen LogP contribution in [0.1, 0.15) is 11.1 Å². The molecule has 0 bridgehead atoms. The van der Waals surface area contributed by atoms with E-state index in [9.17, 15) is 4.79 Å². The average Bonchev–Trinajstić information content (AvgIpc) is 2.67. The topological polar surface area (TPSA) is 55.0 Å². The summed E-state index contributed by atoms with van der Waals surface area (Å²) in [6.07, 6.45) is 1.72. The standard InChI is InChI=1S/C10H8N2O2/c13-10-7-5-14-4-6(7)9-8(12-10)2-1-3-11-9/h1-3H,4-5H2,(H,12,13). The zero-order chi connectivity index (χ0) is 9.54. The third-order valence-electron chi connectivity index (χ3n) is 2.47. The highest BCUT2D eigenvalue weighted by Gasteiger charge is 2.18. The maximum absolute atomic E-state index is 11.6. The maximum atomic E-state index is 11.6.